The maximum Gasteiger partial charge on any atom is 0.317 e. The van der Waals surface area contributed by atoms with Crippen molar-refractivity contribution in [2.24, 2.45) is 5.92 Å². The zero-order valence-electron chi connectivity index (χ0n) is 16.6. The lowest BCUT2D eigenvalue weighted by atomic mass is 9.89. The molecule has 4 atom stereocenters. The van der Waals surface area contributed by atoms with E-state index in [0.29, 0.717) is 30.8 Å². The Kier molecular flexibility index (Phi) is 7.28. The van der Waals surface area contributed by atoms with E-state index in [2.05, 4.69) is 23.1 Å². The summed E-state index contributed by atoms with van der Waals surface area (Å²) in [6.07, 6.45) is 4.33. The lowest BCUT2D eigenvalue weighted by Crippen LogP contribution is -2.52. The smallest absolute Gasteiger partial charge is 0.317 e. The number of nitrogens with zero attached hydrogens (tertiary/aromatic N) is 1. The summed E-state index contributed by atoms with van der Waals surface area (Å²) in [7, 11) is 0. The number of amides is 2. The van der Waals surface area contributed by atoms with Gasteiger partial charge < -0.3 is 15.3 Å². The highest BCUT2D eigenvalue weighted by Gasteiger charge is 2.33. The molecular weight excluding hydrogens is 356 g/mol. The monoisotopic (exact) mass is 388 g/mol. The Morgan fingerprint density at radius 2 is 2.07 bits per heavy atom. The number of carboxylic acids is 1. The number of carbonyl (C=O) groups is 2. The van der Waals surface area contributed by atoms with Crippen LogP contribution in [0.25, 0.3) is 0 Å². The number of carboxylic acid groups (broad SMARTS) is 1. The molecule has 0 aromatic heterocycles. The lowest BCUT2D eigenvalue weighted by molar-refractivity contribution is -0.137. The van der Waals surface area contributed by atoms with Gasteiger partial charge in [-0.1, -0.05) is 30.3 Å². The van der Waals surface area contributed by atoms with E-state index in [-0.39, 0.29) is 18.5 Å². The Labute approximate surface area is 166 Å². The molecule has 28 heavy (non-hydrogen) atoms. The van der Waals surface area contributed by atoms with Crippen LogP contribution < -0.4 is 16.2 Å². The molecule has 0 aliphatic carbocycles. The average Bonchev–Trinajstić information content (AvgIpc) is 3.13. The van der Waals surface area contributed by atoms with Crippen LogP contribution >= 0.6 is 0 Å². The maximum atomic E-state index is 12.9. The van der Waals surface area contributed by atoms with Crippen molar-refractivity contribution in [3.63, 3.8) is 0 Å². The van der Waals surface area contributed by atoms with Gasteiger partial charge in [0.2, 0.25) is 0 Å². The topological polar surface area (TPSA) is 93.7 Å². The zero-order valence-corrected chi connectivity index (χ0v) is 16.6. The fourth-order valence-corrected chi connectivity index (χ4v) is 4.27. The number of carbonyl (C=O) groups excluding carboxylic acids is 1. The Hall–Kier alpha value is -2.12. The molecule has 2 heterocycles. The molecule has 0 bridgehead atoms. The van der Waals surface area contributed by atoms with Crippen molar-refractivity contribution in [1.29, 1.82) is 0 Å². The molecule has 7 heteroatoms. The minimum absolute atomic E-state index is 0.0515. The standard InChI is InChI=1S/C21H32N4O3/c1-15-12-19(24-23-15)17-8-5-11-25(14-17)21(28)22-18(9-10-20(26)27)13-16-6-3-2-4-7-16/h2-4,6-7,15,17-19,23-24H,5,8-14H2,1H3,(H,22,28)(H,26,27). The second kappa shape index (κ2) is 9.89. The van der Waals surface area contributed by atoms with Crippen molar-refractivity contribution >= 4 is 12.0 Å². The number of likely N-dealkylation sites (tertiary alicyclic amines) is 1. The lowest BCUT2D eigenvalue weighted by Gasteiger charge is -2.36. The minimum Gasteiger partial charge on any atom is -0.481 e. The largest absolute Gasteiger partial charge is 0.481 e. The summed E-state index contributed by atoms with van der Waals surface area (Å²) in [5.74, 6) is -0.386. The van der Waals surface area contributed by atoms with Crippen LogP contribution in [0.3, 0.4) is 0 Å². The number of piperidine rings is 1. The van der Waals surface area contributed by atoms with Crippen molar-refractivity contribution in [2.45, 2.75) is 63.6 Å². The van der Waals surface area contributed by atoms with Crippen LogP contribution in [0.2, 0.25) is 0 Å². The first kappa shape index (κ1) is 20.6. The second-order valence-electron chi connectivity index (χ2n) is 8.15. The van der Waals surface area contributed by atoms with Crippen molar-refractivity contribution < 1.29 is 14.7 Å². The molecule has 0 saturated carbocycles. The molecule has 2 fully saturated rings. The van der Waals surface area contributed by atoms with Crippen molar-refractivity contribution in [1.82, 2.24) is 21.1 Å². The minimum atomic E-state index is -0.834. The van der Waals surface area contributed by atoms with Gasteiger partial charge in [0.05, 0.1) is 0 Å². The third-order valence-corrected chi connectivity index (χ3v) is 5.80. The van der Waals surface area contributed by atoms with E-state index >= 15 is 0 Å². The molecule has 4 unspecified atom stereocenters. The summed E-state index contributed by atoms with van der Waals surface area (Å²) in [5.41, 5.74) is 7.74. The SMILES string of the molecule is CC1CC(C2CCCN(C(=O)NC(CCC(=O)O)Cc3ccccc3)C2)NN1. The van der Waals surface area contributed by atoms with Gasteiger partial charge in [-0.15, -0.1) is 0 Å². The number of hydrogen-bond donors (Lipinski definition) is 4. The molecule has 4 N–H and O–H groups in total. The Bertz CT molecular complexity index is 654. The highest BCUT2D eigenvalue weighted by molar-refractivity contribution is 5.75. The van der Waals surface area contributed by atoms with E-state index in [4.69, 9.17) is 5.11 Å². The van der Waals surface area contributed by atoms with Crippen molar-refractivity contribution in [3.8, 4) is 0 Å². The number of nitrogens with one attached hydrogen (secondary N) is 3. The Balaban J connectivity index is 1.57. The fourth-order valence-electron chi connectivity index (χ4n) is 4.27. The van der Waals surface area contributed by atoms with Crippen molar-refractivity contribution in [3.05, 3.63) is 35.9 Å². The summed E-state index contributed by atoms with van der Waals surface area (Å²) in [5, 5.41) is 12.2. The first-order valence-corrected chi connectivity index (χ1v) is 10.3. The van der Waals surface area contributed by atoms with Crippen LogP contribution in [0.1, 0.15) is 44.6 Å². The molecule has 0 spiro atoms. The molecule has 2 aliphatic rings. The van der Waals surface area contributed by atoms with E-state index in [9.17, 15) is 9.59 Å². The predicted molar refractivity (Wildman–Crippen MR) is 108 cm³/mol. The first-order valence-electron chi connectivity index (χ1n) is 10.3. The normalized spacial score (nSPS) is 26.0. The van der Waals surface area contributed by atoms with Gasteiger partial charge in [-0.2, -0.15) is 0 Å². The molecule has 1 aromatic carbocycles. The number of hydrogen-bond acceptors (Lipinski definition) is 4. The Morgan fingerprint density at radius 3 is 2.75 bits per heavy atom. The highest BCUT2D eigenvalue weighted by atomic mass is 16.4. The van der Waals surface area contributed by atoms with Crippen LogP contribution in [-0.4, -0.2) is 53.2 Å². The molecule has 2 aliphatic heterocycles. The van der Waals surface area contributed by atoms with E-state index < -0.39 is 5.97 Å². The van der Waals surface area contributed by atoms with Gasteiger partial charge >= 0.3 is 12.0 Å². The maximum absolute atomic E-state index is 12.9. The van der Waals surface area contributed by atoms with Crippen molar-refractivity contribution in [2.75, 3.05) is 13.1 Å². The number of hydrazine groups is 1. The van der Waals surface area contributed by atoms with Gasteiger partial charge in [-0.3, -0.25) is 15.6 Å². The summed E-state index contributed by atoms with van der Waals surface area (Å²) in [6, 6.07) is 10.5. The number of benzene rings is 1. The first-order chi connectivity index (χ1) is 13.5. The average molecular weight is 389 g/mol. The quantitative estimate of drug-likeness (QED) is 0.574. The molecular formula is C21H32N4O3. The molecule has 2 amide bonds. The van der Waals surface area contributed by atoms with Crippen LogP contribution in [-0.2, 0) is 11.2 Å². The van der Waals surface area contributed by atoms with E-state index in [1.807, 2.05) is 35.2 Å². The third kappa shape index (κ3) is 5.94. The number of urea groups is 1. The highest BCUT2D eigenvalue weighted by Crippen LogP contribution is 2.24. The number of rotatable bonds is 7. The van der Waals surface area contributed by atoms with Gasteiger partial charge in [0.1, 0.15) is 0 Å². The van der Waals surface area contributed by atoms with Gasteiger partial charge in [0.25, 0.3) is 0 Å². The number of aliphatic carboxylic acids is 1. The molecule has 1 aromatic rings. The van der Waals surface area contributed by atoms with E-state index in [0.717, 1.165) is 37.9 Å². The molecule has 3 rings (SSSR count). The molecule has 0 radical (unpaired) electrons. The summed E-state index contributed by atoms with van der Waals surface area (Å²) < 4.78 is 0. The van der Waals surface area contributed by atoms with Gasteiger partial charge in [0.15, 0.2) is 0 Å². The summed E-state index contributed by atoms with van der Waals surface area (Å²) >= 11 is 0. The summed E-state index contributed by atoms with van der Waals surface area (Å²) in [4.78, 5) is 25.8. The van der Waals surface area contributed by atoms with Crippen LogP contribution in [0.5, 0.6) is 0 Å². The summed E-state index contributed by atoms with van der Waals surface area (Å²) in [6.45, 7) is 3.67. The fraction of sp³-hybridized carbons (Fsp3) is 0.619. The van der Waals surface area contributed by atoms with E-state index in [1.54, 1.807) is 0 Å². The van der Waals surface area contributed by atoms with Gasteiger partial charge in [-0.25, -0.2) is 4.79 Å². The van der Waals surface area contributed by atoms with Crippen LogP contribution in [0.4, 0.5) is 4.79 Å². The zero-order chi connectivity index (χ0) is 19.9. The second-order valence-corrected chi connectivity index (χ2v) is 8.15. The third-order valence-electron chi connectivity index (χ3n) is 5.80. The van der Waals surface area contributed by atoms with Crippen LogP contribution in [0, 0.1) is 5.92 Å². The molecule has 7 nitrogen and oxygen atoms in total. The molecule has 154 valence electrons. The Morgan fingerprint density at radius 1 is 1.29 bits per heavy atom. The predicted octanol–water partition coefficient (Wildman–Crippen LogP) is 2.14. The van der Waals surface area contributed by atoms with Gasteiger partial charge in [0, 0.05) is 37.6 Å². The van der Waals surface area contributed by atoms with E-state index in [1.165, 1.54) is 0 Å². The van der Waals surface area contributed by atoms with Gasteiger partial charge in [-0.05, 0) is 50.5 Å². The van der Waals surface area contributed by atoms with Crippen LogP contribution in [0.15, 0.2) is 30.3 Å². The molecule has 2 saturated heterocycles.